The summed E-state index contributed by atoms with van der Waals surface area (Å²) in [7, 11) is 0. The number of carbonyl (C=O) groups excluding carboxylic acids is 1. The fourth-order valence-electron chi connectivity index (χ4n) is 2.62. The van der Waals surface area contributed by atoms with E-state index in [9.17, 15) is 4.79 Å². The molecule has 1 fully saturated rings. The molecule has 1 aromatic heterocycles. The van der Waals surface area contributed by atoms with Crippen molar-refractivity contribution in [2.24, 2.45) is 5.92 Å². The third kappa shape index (κ3) is 5.06. The Bertz CT molecular complexity index is 743. The maximum atomic E-state index is 12.3. The van der Waals surface area contributed by atoms with Gasteiger partial charge in [-0.3, -0.25) is 4.79 Å². The van der Waals surface area contributed by atoms with E-state index in [1.807, 2.05) is 38.1 Å². The van der Waals surface area contributed by atoms with Gasteiger partial charge in [0.25, 0.3) is 0 Å². The summed E-state index contributed by atoms with van der Waals surface area (Å²) < 4.78 is 12.0. The monoisotopic (exact) mass is 421 g/mol. The lowest BCUT2D eigenvalue weighted by Crippen LogP contribution is -2.32. The fraction of sp³-hybridized carbons (Fsp3) is 0.526. The van der Waals surface area contributed by atoms with Gasteiger partial charge < -0.3 is 14.6 Å². The van der Waals surface area contributed by atoms with Crippen LogP contribution in [0.25, 0.3) is 0 Å². The molecule has 140 valence electrons. The van der Waals surface area contributed by atoms with Crippen LogP contribution >= 0.6 is 15.9 Å². The van der Waals surface area contributed by atoms with Crippen molar-refractivity contribution in [2.45, 2.75) is 51.5 Å². The Morgan fingerprint density at radius 2 is 2.15 bits per heavy atom. The van der Waals surface area contributed by atoms with Crippen molar-refractivity contribution in [3.63, 3.8) is 0 Å². The van der Waals surface area contributed by atoms with Gasteiger partial charge in [0.2, 0.25) is 11.8 Å². The maximum Gasteiger partial charge on any atom is 0.249 e. The van der Waals surface area contributed by atoms with E-state index < -0.39 is 0 Å². The maximum absolute atomic E-state index is 12.3. The van der Waals surface area contributed by atoms with Crippen LogP contribution in [0.3, 0.4) is 0 Å². The normalized spacial score (nSPS) is 15.1. The summed E-state index contributed by atoms with van der Waals surface area (Å²) in [6.07, 6.45) is 3.26. The largest absolute Gasteiger partial charge is 0.492 e. The molecular formula is C19H24BrN3O3. The van der Waals surface area contributed by atoms with Crippen molar-refractivity contribution in [3.05, 3.63) is 40.5 Å². The summed E-state index contributed by atoms with van der Waals surface area (Å²) in [5, 5.41) is 7.06. The zero-order valence-corrected chi connectivity index (χ0v) is 16.7. The van der Waals surface area contributed by atoms with Gasteiger partial charge in [-0.05, 0) is 53.2 Å². The van der Waals surface area contributed by atoms with Crippen LogP contribution in [0, 0.1) is 5.92 Å². The number of para-hydroxylation sites is 1. The molecule has 1 amide bonds. The second kappa shape index (κ2) is 8.66. The van der Waals surface area contributed by atoms with Gasteiger partial charge >= 0.3 is 0 Å². The van der Waals surface area contributed by atoms with Crippen LogP contribution in [0.15, 0.2) is 33.3 Å². The van der Waals surface area contributed by atoms with Gasteiger partial charge in [0.15, 0.2) is 5.82 Å². The lowest BCUT2D eigenvalue weighted by molar-refractivity contribution is -0.122. The molecule has 0 aliphatic heterocycles. The minimum atomic E-state index is -0.258. The standard InChI is InChI=1S/C19H24BrN3O3/c1-12(2)17(19-22-18(23-26-19)13-9-10-13)21-16(24)8-5-11-25-15-7-4-3-6-14(15)20/h3-4,6-7,12-13,17H,5,8-11H2,1-2H3,(H,21,24). The van der Waals surface area contributed by atoms with E-state index in [-0.39, 0.29) is 17.9 Å². The molecule has 1 heterocycles. The van der Waals surface area contributed by atoms with Gasteiger partial charge in [0, 0.05) is 12.3 Å². The highest BCUT2D eigenvalue weighted by molar-refractivity contribution is 9.10. The fourth-order valence-corrected chi connectivity index (χ4v) is 3.02. The molecule has 1 N–H and O–H groups in total. The number of amides is 1. The van der Waals surface area contributed by atoms with Crippen LogP contribution in [0.1, 0.15) is 63.2 Å². The Morgan fingerprint density at radius 3 is 2.85 bits per heavy atom. The Balaban J connectivity index is 1.46. The van der Waals surface area contributed by atoms with Crippen molar-refractivity contribution in [3.8, 4) is 5.75 Å². The Labute approximate surface area is 161 Å². The first kappa shape index (κ1) is 18.9. The number of ether oxygens (including phenoxy) is 1. The Hall–Kier alpha value is -1.89. The first-order chi connectivity index (χ1) is 12.5. The van der Waals surface area contributed by atoms with Gasteiger partial charge in [0.05, 0.1) is 11.1 Å². The van der Waals surface area contributed by atoms with Crippen LogP contribution in [0.4, 0.5) is 0 Å². The number of rotatable bonds is 9. The summed E-state index contributed by atoms with van der Waals surface area (Å²) in [5.41, 5.74) is 0. The van der Waals surface area contributed by atoms with Crippen LogP contribution in [0.5, 0.6) is 5.75 Å². The Morgan fingerprint density at radius 1 is 1.38 bits per heavy atom. The minimum absolute atomic E-state index is 0.0365. The second-order valence-electron chi connectivity index (χ2n) is 6.94. The van der Waals surface area contributed by atoms with Crippen molar-refractivity contribution in [1.82, 2.24) is 15.5 Å². The van der Waals surface area contributed by atoms with Crippen molar-refractivity contribution >= 4 is 21.8 Å². The van der Waals surface area contributed by atoms with Crippen molar-refractivity contribution in [1.29, 1.82) is 0 Å². The molecule has 6 nitrogen and oxygen atoms in total. The molecule has 0 bridgehead atoms. The van der Waals surface area contributed by atoms with E-state index in [4.69, 9.17) is 9.26 Å². The van der Waals surface area contributed by atoms with Gasteiger partial charge in [0.1, 0.15) is 11.8 Å². The average Bonchev–Trinajstić information content (AvgIpc) is 3.35. The molecule has 1 aliphatic carbocycles. The number of hydrogen-bond donors (Lipinski definition) is 1. The second-order valence-corrected chi connectivity index (χ2v) is 7.79. The van der Waals surface area contributed by atoms with Crippen molar-refractivity contribution < 1.29 is 14.1 Å². The molecule has 7 heteroatoms. The van der Waals surface area contributed by atoms with E-state index in [1.165, 1.54) is 0 Å². The zero-order chi connectivity index (χ0) is 18.5. The van der Waals surface area contributed by atoms with Gasteiger partial charge in [-0.1, -0.05) is 31.1 Å². The summed E-state index contributed by atoms with van der Waals surface area (Å²) in [5.74, 6) is 2.62. The highest BCUT2D eigenvalue weighted by atomic mass is 79.9. The predicted octanol–water partition coefficient (Wildman–Crippen LogP) is 4.38. The molecule has 1 saturated carbocycles. The highest BCUT2D eigenvalue weighted by Gasteiger charge is 2.31. The molecular weight excluding hydrogens is 398 g/mol. The van der Waals surface area contributed by atoms with Gasteiger partial charge in [-0.25, -0.2) is 0 Å². The first-order valence-electron chi connectivity index (χ1n) is 9.04. The van der Waals surface area contributed by atoms with Gasteiger partial charge in [-0.2, -0.15) is 4.98 Å². The Kier molecular flexibility index (Phi) is 6.29. The average molecular weight is 422 g/mol. The quantitative estimate of drug-likeness (QED) is 0.607. The molecule has 0 radical (unpaired) electrons. The molecule has 0 saturated heterocycles. The van der Waals surface area contributed by atoms with Crippen molar-refractivity contribution in [2.75, 3.05) is 6.61 Å². The van der Waals surface area contributed by atoms with Crippen LogP contribution in [-0.2, 0) is 4.79 Å². The molecule has 1 aromatic carbocycles. The number of halogens is 1. The molecule has 1 unspecified atom stereocenters. The number of benzene rings is 1. The number of hydrogen-bond acceptors (Lipinski definition) is 5. The topological polar surface area (TPSA) is 77.2 Å². The number of nitrogens with zero attached hydrogens (tertiary/aromatic N) is 2. The van der Waals surface area contributed by atoms with E-state index in [0.717, 1.165) is 28.9 Å². The molecule has 0 spiro atoms. The lowest BCUT2D eigenvalue weighted by atomic mass is 10.0. The number of nitrogens with one attached hydrogen (secondary N) is 1. The van der Waals surface area contributed by atoms with E-state index in [1.54, 1.807) is 0 Å². The number of carbonyl (C=O) groups is 1. The van der Waals surface area contributed by atoms with Crippen LogP contribution < -0.4 is 10.1 Å². The molecule has 1 atom stereocenters. The molecule has 3 rings (SSSR count). The van der Waals surface area contributed by atoms with Crippen LogP contribution in [0.2, 0.25) is 0 Å². The van der Waals surface area contributed by atoms with Crippen LogP contribution in [-0.4, -0.2) is 22.7 Å². The summed E-state index contributed by atoms with van der Waals surface area (Å²) >= 11 is 3.44. The van der Waals surface area contributed by atoms with E-state index in [0.29, 0.717) is 31.3 Å². The summed E-state index contributed by atoms with van der Waals surface area (Å²) in [6.45, 7) is 4.54. The smallest absolute Gasteiger partial charge is 0.249 e. The first-order valence-corrected chi connectivity index (χ1v) is 9.84. The molecule has 1 aliphatic rings. The van der Waals surface area contributed by atoms with E-state index in [2.05, 4.69) is 31.4 Å². The summed E-state index contributed by atoms with van der Waals surface area (Å²) in [6, 6.07) is 7.41. The highest BCUT2D eigenvalue weighted by Crippen LogP contribution is 2.38. The molecule has 2 aromatic rings. The summed E-state index contributed by atoms with van der Waals surface area (Å²) in [4.78, 5) is 16.8. The van der Waals surface area contributed by atoms with Gasteiger partial charge in [-0.15, -0.1) is 0 Å². The van der Waals surface area contributed by atoms with E-state index >= 15 is 0 Å². The number of aromatic nitrogens is 2. The minimum Gasteiger partial charge on any atom is -0.492 e. The third-order valence-electron chi connectivity index (χ3n) is 4.29. The lowest BCUT2D eigenvalue weighted by Gasteiger charge is -2.18. The molecule has 26 heavy (non-hydrogen) atoms. The zero-order valence-electron chi connectivity index (χ0n) is 15.1. The predicted molar refractivity (Wildman–Crippen MR) is 101 cm³/mol. The third-order valence-corrected chi connectivity index (χ3v) is 4.95. The SMILES string of the molecule is CC(C)C(NC(=O)CCCOc1ccccc1Br)c1nc(C2CC2)no1.